The molecule has 0 aromatic carbocycles. The van der Waals surface area contributed by atoms with E-state index in [1.807, 2.05) is 0 Å². The second kappa shape index (κ2) is 10.7. The van der Waals surface area contributed by atoms with E-state index in [0.717, 1.165) is 4.57 Å². The average molecular weight is 395 g/mol. The van der Waals surface area contributed by atoms with E-state index in [4.69, 9.17) is 19.5 Å². The van der Waals surface area contributed by atoms with Gasteiger partial charge in [-0.25, -0.2) is 4.79 Å². The fraction of sp³-hybridized carbons (Fsp3) is 0.714. The van der Waals surface area contributed by atoms with Crippen molar-refractivity contribution in [3.05, 3.63) is 22.7 Å². The zero-order chi connectivity index (χ0) is 19.7. The van der Waals surface area contributed by atoms with E-state index in [9.17, 15) is 24.7 Å². The topological polar surface area (TPSA) is 166 Å². The molecule has 0 unspecified atom stereocenters. The third kappa shape index (κ3) is 6.44. The van der Waals surface area contributed by atoms with Gasteiger partial charge in [-0.3, -0.25) is 9.13 Å². The molecule has 1 aromatic heterocycles. The van der Waals surface area contributed by atoms with Gasteiger partial charge in [-0.2, -0.15) is 4.98 Å². The Kier molecular flexibility index (Phi) is 9.37. The van der Waals surface area contributed by atoms with Gasteiger partial charge in [0.2, 0.25) is 0 Å². The van der Waals surface area contributed by atoms with Crippen molar-refractivity contribution in [1.29, 1.82) is 0 Å². The molecule has 0 spiro atoms. The Bertz CT molecular complexity index is 645. The van der Waals surface area contributed by atoms with E-state index in [1.165, 1.54) is 12.3 Å². The van der Waals surface area contributed by atoms with Crippen LogP contribution in [0.15, 0.2) is 17.1 Å². The van der Waals surface area contributed by atoms with E-state index in [2.05, 4.69) is 4.98 Å². The number of aromatic nitrogens is 2. The number of anilines is 1. The quantitative estimate of drug-likeness (QED) is 0.333. The molecular weight excluding hydrogens is 369 g/mol. The molecule has 0 amide bonds. The number of nitrogens with two attached hydrogens (primary N) is 1. The Morgan fingerprint density at radius 1 is 1.27 bits per heavy atom. The Morgan fingerprint density at radius 3 is 2.35 bits per heavy atom. The first-order chi connectivity index (χ1) is 12.3. The highest BCUT2D eigenvalue weighted by Gasteiger charge is 2.33. The SMILES string of the molecule is CCOP(=O)(C[C@@H](O)[C@H](CO)O[C@H](CO)n1ccc(N)nc1=O)OCC. The molecule has 3 atom stereocenters. The predicted octanol–water partition coefficient (Wildman–Crippen LogP) is -0.679. The highest BCUT2D eigenvalue weighted by molar-refractivity contribution is 7.53. The molecule has 11 nitrogen and oxygen atoms in total. The Morgan fingerprint density at radius 2 is 1.88 bits per heavy atom. The Balaban J connectivity index is 2.91. The summed E-state index contributed by atoms with van der Waals surface area (Å²) in [4.78, 5) is 15.4. The first kappa shape index (κ1) is 22.7. The number of hydrogen-bond acceptors (Lipinski definition) is 10. The van der Waals surface area contributed by atoms with Crippen LogP contribution in [0.25, 0.3) is 0 Å². The summed E-state index contributed by atoms with van der Waals surface area (Å²) in [6.07, 6.45) is -3.09. The lowest BCUT2D eigenvalue weighted by molar-refractivity contribution is -0.134. The zero-order valence-electron chi connectivity index (χ0n) is 14.7. The zero-order valence-corrected chi connectivity index (χ0v) is 15.6. The molecule has 0 aliphatic carbocycles. The van der Waals surface area contributed by atoms with Crippen LogP contribution in [0.4, 0.5) is 5.82 Å². The van der Waals surface area contributed by atoms with Crippen molar-refractivity contribution in [2.24, 2.45) is 0 Å². The number of nitrogens with zero attached hydrogens (tertiary/aromatic N) is 2. The summed E-state index contributed by atoms with van der Waals surface area (Å²) in [7, 11) is -3.58. The molecule has 1 rings (SSSR count). The lowest BCUT2D eigenvalue weighted by Gasteiger charge is -2.28. The summed E-state index contributed by atoms with van der Waals surface area (Å²) in [6.45, 7) is 2.18. The maximum absolute atomic E-state index is 12.5. The summed E-state index contributed by atoms with van der Waals surface area (Å²) in [5.41, 5.74) is 4.63. The minimum atomic E-state index is -3.58. The van der Waals surface area contributed by atoms with Crippen molar-refractivity contribution in [1.82, 2.24) is 9.55 Å². The van der Waals surface area contributed by atoms with Gasteiger partial charge in [-0.15, -0.1) is 0 Å². The standard InChI is InChI=1S/C14H26N3O8P/c1-3-23-26(22,24-4-2)9-10(20)11(7-18)25-13(8-19)17-6-5-12(15)16-14(17)21/h5-6,10-11,13,18-20H,3-4,7-9H2,1-2H3,(H2,15,16,21)/t10-,11+,13-/m1/s1. The fourth-order valence-corrected chi connectivity index (χ4v) is 3.95. The van der Waals surface area contributed by atoms with Crippen molar-refractivity contribution < 1.29 is 33.7 Å². The van der Waals surface area contributed by atoms with Crippen LogP contribution in [-0.2, 0) is 18.3 Å². The van der Waals surface area contributed by atoms with Gasteiger partial charge in [-0.1, -0.05) is 0 Å². The lowest BCUT2D eigenvalue weighted by atomic mass is 10.2. The number of aliphatic hydroxyl groups excluding tert-OH is 3. The van der Waals surface area contributed by atoms with Crippen LogP contribution >= 0.6 is 7.60 Å². The van der Waals surface area contributed by atoms with Crippen LogP contribution in [0.5, 0.6) is 0 Å². The summed E-state index contributed by atoms with van der Waals surface area (Å²) < 4.78 is 29.0. The molecule has 5 N–H and O–H groups in total. The smallest absolute Gasteiger partial charge is 0.351 e. The van der Waals surface area contributed by atoms with Crippen LogP contribution in [0, 0.1) is 0 Å². The summed E-state index contributed by atoms with van der Waals surface area (Å²) >= 11 is 0. The molecule has 12 heteroatoms. The van der Waals surface area contributed by atoms with Crippen molar-refractivity contribution in [2.75, 3.05) is 38.3 Å². The average Bonchev–Trinajstić information content (AvgIpc) is 2.57. The molecule has 1 heterocycles. The van der Waals surface area contributed by atoms with Gasteiger partial charge >= 0.3 is 13.3 Å². The first-order valence-corrected chi connectivity index (χ1v) is 9.81. The molecule has 0 bridgehead atoms. The second-order valence-electron chi connectivity index (χ2n) is 5.23. The third-order valence-electron chi connectivity index (χ3n) is 3.32. The maximum Gasteiger partial charge on any atom is 0.351 e. The highest BCUT2D eigenvalue weighted by atomic mass is 31.2. The van der Waals surface area contributed by atoms with Crippen LogP contribution in [0.2, 0.25) is 0 Å². The molecule has 1 aromatic rings. The molecule has 0 radical (unpaired) electrons. The third-order valence-corrected chi connectivity index (χ3v) is 5.45. The predicted molar refractivity (Wildman–Crippen MR) is 92.7 cm³/mol. The first-order valence-electron chi connectivity index (χ1n) is 8.08. The second-order valence-corrected chi connectivity index (χ2v) is 7.34. The van der Waals surface area contributed by atoms with Gasteiger partial charge < -0.3 is 34.8 Å². The van der Waals surface area contributed by atoms with Crippen LogP contribution in [-0.4, -0.2) is 69.7 Å². The van der Waals surface area contributed by atoms with Gasteiger partial charge in [0.05, 0.1) is 38.7 Å². The van der Waals surface area contributed by atoms with Crippen molar-refractivity contribution in [3.8, 4) is 0 Å². The van der Waals surface area contributed by atoms with Crippen LogP contribution < -0.4 is 11.4 Å². The molecule has 0 aliphatic heterocycles. The van der Waals surface area contributed by atoms with Crippen molar-refractivity contribution in [3.63, 3.8) is 0 Å². The summed E-state index contributed by atoms with van der Waals surface area (Å²) in [5.74, 6) is -0.00366. The number of ether oxygens (including phenoxy) is 1. The number of hydrogen-bond donors (Lipinski definition) is 4. The van der Waals surface area contributed by atoms with Gasteiger partial charge in [0.15, 0.2) is 6.23 Å². The summed E-state index contributed by atoms with van der Waals surface area (Å²) in [6, 6.07) is 1.33. The van der Waals surface area contributed by atoms with Crippen LogP contribution in [0.3, 0.4) is 0 Å². The minimum absolute atomic E-state index is 0.00366. The van der Waals surface area contributed by atoms with Crippen LogP contribution in [0.1, 0.15) is 20.1 Å². The molecular formula is C14H26N3O8P. The van der Waals surface area contributed by atoms with E-state index in [0.29, 0.717) is 0 Å². The monoisotopic (exact) mass is 395 g/mol. The number of rotatable bonds is 12. The molecule has 0 fully saturated rings. The van der Waals surface area contributed by atoms with E-state index >= 15 is 0 Å². The number of nitrogen functional groups attached to an aromatic ring is 1. The van der Waals surface area contributed by atoms with E-state index < -0.39 is 51.1 Å². The normalized spacial score (nSPS) is 15.6. The van der Waals surface area contributed by atoms with E-state index in [-0.39, 0.29) is 19.0 Å². The largest absolute Gasteiger partial charge is 0.394 e. The Hall–Kier alpha value is -1.33. The van der Waals surface area contributed by atoms with Gasteiger partial charge in [0.1, 0.15) is 11.9 Å². The lowest BCUT2D eigenvalue weighted by Crippen LogP contribution is -2.40. The van der Waals surface area contributed by atoms with Gasteiger partial charge in [-0.05, 0) is 19.9 Å². The minimum Gasteiger partial charge on any atom is -0.394 e. The van der Waals surface area contributed by atoms with Gasteiger partial charge in [0.25, 0.3) is 0 Å². The summed E-state index contributed by atoms with van der Waals surface area (Å²) in [5, 5.41) is 29.3. The van der Waals surface area contributed by atoms with Crippen molar-refractivity contribution >= 4 is 13.4 Å². The highest BCUT2D eigenvalue weighted by Crippen LogP contribution is 2.48. The number of aliphatic hydroxyl groups is 3. The molecule has 0 saturated carbocycles. The fourth-order valence-electron chi connectivity index (χ4n) is 2.18. The molecule has 0 aliphatic rings. The Labute approximate surface area is 150 Å². The molecule has 150 valence electrons. The van der Waals surface area contributed by atoms with E-state index in [1.54, 1.807) is 13.8 Å². The van der Waals surface area contributed by atoms with Crippen molar-refractivity contribution in [2.45, 2.75) is 32.3 Å². The maximum atomic E-state index is 12.5. The molecule has 26 heavy (non-hydrogen) atoms. The molecule has 0 saturated heterocycles. The van der Waals surface area contributed by atoms with Gasteiger partial charge in [0, 0.05) is 6.20 Å².